The van der Waals surface area contributed by atoms with E-state index in [1.165, 1.54) is 10.5 Å². The number of rotatable bonds is 1. The second-order valence-corrected chi connectivity index (χ2v) is 6.66. The molecule has 0 saturated carbocycles. The maximum absolute atomic E-state index is 12.3. The van der Waals surface area contributed by atoms with Crippen molar-refractivity contribution in [1.29, 1.82) is 0 Å². The number of hydrogen-bond donors (Lipinski definition) is 0. The van der Waals surface area contributed by atoms with Crippen LogP contribution in [0.1, 0.15) is 56.3 Å². The van der Waals surface area contributed by atoms with Crippen molar-refractivity contribution in [3.8, 4) is 0 Å². The molecule has 1 heterocycles. The topological polar surface area (TPSA) is 46.6 Å². The number of carbonyl (C=O) groups is 2. The maximum Gasteiger partial charge on any atom is 0.417 e. The normalized spacial score (nSPS) is 19.0. The van der Waals surface area contributed by atoms with E-state index in [2.05, 4.69) is 6.07 Å². The van der Waals surface area contributed by atoms with Gasteiger partial charge in [-0.05, 0) is 52.2 Å². The first-order valence-corrected chi connectivity index (χ1v) is 7.31. The Morgan fingerprint density at radius 3 is 2.52 bits per heavy atom. The van der Waals surface area contributed by atoms with E-state index in [0.717, 1.165) is 11.1 Å². The van der Waals surface area contributed by atoms with Crippen LogP contribution in [0.15, 0.2) is 18.2 Å². The molecule has 114 valence electrons. The van der Waals surface area contributed by atoms with Gasteiger partial charge in [0, 0.05) is 6.42 Å². The zero-order chi connectivity index (χ0) is 15.8. The van der Waals surface area contributed by atoms with Gasteiger partial charge in [-0.2, -0.15) is 0 Å². The molecule has 1 unspecified atom stereocenters. The molecule has 0 bridgehead atoms. The number of likely N-dealkylation sites (tertiary alicyclic amines) is 1. The van der Waals surface area contributed by atoms with Gasteiger partial charge in [-0.15, -0.1) is 0 Å². The van der Waals surface area contributed by atoms with Gasteiger partial charge >= 0.3 is 6.09 Å². The van der Waals surface area contributed by atoms with Crippen molar-refractivity contribution in [3.63, 3.8) is 0 Å². The number of nitrogens with zero attached hydrogens (tertiary/aromatic N) is 1. The van der Waals surface area contributed by atoms with Crippen LogP contribution in [0.5, 0.6) is 0 Å². The SMILES string of the molecule is Cc1ccc(C2CCC(=O)N2C(=O)OC(C)(C)C)c(C)c1. The molecule has 2 amide bonds. The fourth-order valence-electron chi connectivity index (χ4n) is 2.72. The molecule has 1 atom stereocenters. The highest BCUT2D eigenvalue weighted by Gasteiger charge is 2.39. The van der Waals surface area contributed by atoms with Gasteiger partial charge in [-0.3, -0.25) is 4.79 Å². The average molecular weight is 289 g/mol. The first-order chi connectivity index (χ1) is 9.69. The Balaban J connectivity index is 2.30. The molecular weight excluding hydrogens is 266 g/mol. The molecule has 0 N–H and O–H groups in total. The third-order valence-electron chi connectivity index (χ3n) is 3.59. The summed E-state index contributed by atoms with van der Waals surface area (Å²) in [4.78, 5) is 25.7. The highest BCUT2D eigenvalue weighted by atomic mass is 16.6. The van der Waals surface area contributed by atoms with Crippen LogP contribution in [0.2, 0.25) is 0 Å². The largest absolute Gasteiger partial charge is 0.443 e. The highest BCUT2D eigenvalue weighted by Crippen LogP contribution is 2.35. The Morgan fingerprint density at radius 1 is 1.29 bits per heavy atom. The van der Waals surface area contributed by atoms with Gasteiger partial charge in [-0.1, -0.05) is 23.8 Å². The Morgan fingerprint density at radius 2 is 1.95 bits per heavy atom. The van der Waals surface area contributed by atoms with Crippen LogP contribution in [0.25, 0.3) is 0 Å². The second-order valence-electron chi connectivity index (χ2n) is 6.66. The maximum atomic E-state index is 12.3. The second kappa shape index (κ2) is 5.51. The quantitative estimate of drug-likeness (QED) is 0.787. The molecule has 0 spiro atoms. The van der Waals surface area contributed by atoms with Gasteiger partial charge in [0.15, 0.2) is 0 Å². The standard InChI is InChI=1S/C17H23NO3/c1-11-6-7-13(12(2)10-11)14-8-9-15(19)18(14)16(20)21-17(3,4)5/h6-7,10,14H,8-9H2,1-5H3. The van der Waals surface area contributed by atoms with Gasteiger partial charge in [-0.25, -0.2) is 9.69 Å². The molecule has 0 aromatic heterocycles. The van der Waals surface area contributed by atoms with Crippen molar-refractivity contribution >= 4 is 12.0 Å². The van der Waals surface area contributed by atoms with Crippen molar-refractivity contribution < 1.29 is 14.3 Å². The lowest BCUT2D eigenvalue weighted by molar-refractivity contribution is -0.128. The number of carbonyl (C=O) groups excluding carboxylic acids is 2. The van der Waals surface area contributed by atoms with Crippen LogP contribution in [-0.2, 0) is 9.53 Å². The Bertz CT molecular complexity index is 572. The molecule has 1 aromatic carbocycles. The molecule has 0 radical (unpaired) electrons. The minimum absolute atomic E-state index is 0.158. The first-order valence-electron chi connectivity index (χ1n) is 7.31. The number of ether oxygens (including phenoxy) is 1. The molecule has 21 heavy (non-hydrogen) atoms. The van der Waals surface area contributed by atoms with Gasteiger partial charge in [0.2, 0.25) is 5.91 Å². The van der Waals surface area contributed by atoms with E-state index in [0.29, 0.717) is 12.8 Å². The molecule has 1 aliphatic heterocycles. The van der Waals surface area contributed by atoms with Crippen molar-refractivity contribution in [3.05, 3.63) is 34.9 Å². The minimum atomic E-state index is -0.604. The number of hydrogen-bond acceptors (Lipinski definition) is 3. The molecular formula is C17H23NO3. The average Bonchev–Trinajstić information content (AvgIpc) is 2.68. The summed E-state index contributed by atoms with van der Waals surface area (Å²) in [6.07, 6.45) is 0.495. The lowest BCUT2D eigenvalue weighted by Crippen LogP contribution is -2.39. The summed E-state index contributed by atoms with van der Waals surface area (Å²) in [6, 6.07) is 5.88. The fourth-order valence-corrected chi connectivity index (χ4v) is 2.72. The lowest BCUT2D eigenvalue weighted by atomic mass is 9.98. The van der Waals surface area contributed by atoms with Gasteiger partial charge in [0.25, 0.3) is 0 Å². The van der Waals surface area contributed by atoms with Crippen LogP contribution in [0.3, 0.4) is 0 Å². The van der Waals surface area contributed by atoms with E-state index < -0.39 is 11.7 Å². The number of aryl methyl sites for hydroxylation is 2. The zero-order valence-electron chi connectivity index (χ0n) is 13.4. The molecule has 1 aromatic rings. The molecule has 4 nitrogen and oxygen atoms in total. The molecule has 2 rings (SSSR count). The van der Waals surface area contributed by atoms with Gasteiger partial charge in [0.1, 0.15) is 5.60 Å². The van der Waals surface area contributed by atoms with Crippen molar-refractivity contribution in [2.45, 2.75) is 59.1 Å². The Labute approximate surface area is 126 Å². The van der Waals surface area contributed by atoms with E-state index >= 15 is 0 Å². The summed E-state index contributed by atoms with van der Waals surface area (Å²) in [6.45, 7) is 9.45. The molecule has 1 saturated heterocycles. The third kappa shape index (κ3) is 3.43. The minimum Gasteiger partial charge on any atom is -0.443 e. The fraction of sp³-hybridized carbons (Fsp3) is 0.529. The van der Waals surface area contributed by atoms with E-state index in [-0.39, 0.29) is 11.9 Å². The molecule has 4 heteroatoms. The van der Waals surface area contributed by atoms with Crippen LogP contribution >= 0.6 is 0 Å². The summed E-state index contributed by atoms with van der Waals surface area (Å²) in [5.41, 5.74) is 2.69. The smallest absolute Gasteiger partial charge is 0.417 e. The van der Waals surface area contributed by atoms with Crippen molar-refractivity contribution in [2.24, 2.45) is 0 Å². The number of benzene rings is 1. The Hall–Kier alpha value is -1.84. The van der Waals surface area contributed by atoms with Crippen LogP contribution in [0.4, 0.5) is 4.79 Å². The van der Waals surface area contributed by atoms with E-state index in [4.69, 9.17) is 4.74 Å². The van der Waals surface area contributed by atoms with Crippen molar-refractivity contribution in [2.75, 3.05) is 0 Å². The monoisotopic (exact) mass is 289 g/mol. The van der Waals surface area contributed by atoms with E-state index in [9.17, 15) is 9.59 Å². The van der Waals surface area contributed by atoms with Crippen LogP contribution < -0.4 is 0 Å². The van der Waals surface area contributed by atoms with Crippen LogP contribution in [0, 0.1) is 13.8 Å². The first kappa shape index (κ1) is 15.5. The molecule has 1 fully saturated rings. The molecule has 1 aliphatic rings. The van der Waals surface area contributed by atoms with Gasteiger partial charge < -0.3 is 4.74 Å². The zero-order valence-corrected chi connectivity index (χ0v) is 13.4. The summed E-state index contributed by atoms with van der Waals surface area (Å²) in [5.74, 6) is -0.158. The number of imide groups is 1. The van der Waals surface area contributed by atoms with Crippen molar-refractivity contribution in [1.82, 2.24) is 4.90 Å². The summed E-state index contributed by atoms with van der Waals surface area (Å²) >= 11 is 0. The summed E-state index contributed by atoms with van der Waals surface area (Å²) in [7, 11) is 0. The highest BCUT2D eigenvalue weighted by molar-refractivity contribution is 5.94. The van der Waals surface area contributed by atoms with E-state index in [1.807, 2.05) is 26.0 Å². The summed E-state index contributed by atoms with van der Waals surface area (Å²) in [5, 5.41) is 0. The lowest BCUT2D eigenvalue weighted by Gasteiger charge is -2.28. The predicted octanol–water partition coefficient (Wildman–Crippen LogP) is 3.90. The number of amides is 2. The summed E-state index contributed by atoms with van der Waals surface area (Å²) < 4.78 is 5.37. The molecule has 0 aliphatic carbocycles. The Kier molecular flexibility index (Phi) is 4.08. The predicted molar refractivity (Wildman–Crippen MR) is 81.0 cm³/mol. The van der Waals surface area contributed by atoms with Crippen LogP contribution in [-0.4, -0.2) is 22.5 Å². The van der Waals surface area contributed by atoms with E-state index in [1.54, 1.807) is 20.8 Å². The third-order valence-corrected chi connectivity index (χ3v) is 3.59. The van der Waals surface area contributed by atoms with Gasteiger partial charge in [0.05, 0.1) is 6.04 Å².